The lowest BCUT2D eigenvalue weighted by atomic mass is 10.1. The van der Waals surface area contributed by atoms with E-state index in [0.717, 1.165) is 11.1 Å². The number of benzene rings is 1. The van der Waals surface area contributed by atoms with Crippen molar-refractivity contribution in [1.29, 1.82) is 0 Å². The standard InChI is InChI=1S/C13H18N4O2S/c1-9-6-4-5-7-11(9)8-15-20(18,19)12-10(2)17(3)16-13(12)14/h4-7,15H,8H2,1-3H3,(H2,14,16). The highest BCUT2D eigenvalue weighted by Crippen LogP contribution is 2.21. The van der Waals surface area contributed by atoms with Crippen LogP contribution in [0, 0.1) is 13.8 Å². The fourth-order valence-corrected chi connectivity index (χ4v) is 3.33. The molecule has 0 radical (unpaired) electrons. The molecule has 2 rings (SSSR count). The van der Waals surface area contributed by atoms with E-state index in [1.54, 1.807) is 14.0 Å². The van der Waals surface area contributed by atoms with E-state index >= 15 is 0 Å². The third kappa shape index (κ3) is 2.68. The van der Waals surface area contributed by atoms with E-state index in [9.17, 15) is 8.42 Å². The summed E-state index contributed by atoms with van der Waals surface area (Å²) in [5.41, 5.74) is 8.15. The van der Waals surface area contributed by atoms with Crippen molar-refractivity contribution in [3.05, 3.63) is 41.1 Å². The van der Waals surface area contributed by atoms with Gasteiger partial charge in [-0.15, -0.1) is 0 Å². The number of nitrogens with two attached hydrogens (primary N) is 1. The Balaban J connectivity index is 2.27. The van der Waals surface area contributed by atoms with Crippen LogP contribution in [0.3, 0.4) is 0 Å². The zero-order valence-electron chi connectivity index (χ0n) is 11.7. The number of aromatic nitrogens is 2. The highest BCUT2D eigenvalue weighted by molar-refractivity contribution is 7.89. The molecule has 0 fully saturated rings. The smallest absolute Gasteiger partial charge is 0.246 e. The van der Waals surface area contributed by atoms with Crippen molar-refractivity contribution in [3.63, 3.8) is 0 Å². The van der Waals surface area contributed by atoms with Crippen LogP contribution in [0.4, 0.5) is 5.82 Å². The minimum Gasteiger partial charge on any atom is -0.381 e. The van der Waals surface area contributed by atoms with Gasteiger partial charge in [-0.2, -0.15) is 5.10 Å². The summed E-state index contributed by atoms with van der Waals surface area (Å²) in [6.07, 6.45) is 0. The molecule has 0 saturated carbocycles. The molecule has 1 heterocycles. The second kappa shape index (κ2) is 5.26. The first kappa shape index (κ1) is 14.5. The van der Waals surface area contributed by atoms with Gasteiger partial charge in [-0.05, 0) is 25.0 Å². The van der Waals surface area contributed by atoms with E-state index in [1.165, 1.54) is 4.68 Å². The third-order valence-corrected chi connectivity index (χ3v) is 4.85. The number of aryl methyl sites for hydroxylation is 2. The Labute approximate surface area is 118 Å². The number of nitrogens with zero attached hydrogens (tertiary/aromatic N) is 2. The number of anilines is 1. The van der Waals surface area contributed by atoms with Crippen LogP contribution in [0.15, 0.2) is 29.2 Å². The molecular formula is C13H18N4O2S. The van der Waals surface area contributed by atoms with Crippen LogP contribution in [-0.4, -0.2) is 18.2 Å². The molecule has 2 aromatic rings. The molecule has 0 aliphatic carbocycles. The molecule has 0 amide bonds. The van der Waals surface area contributed by atoms with Crippen molar-refractivity contribution >= 4 is 15.8 Å². The lowest BCUT2D eigenvalue weighted by molar-refractivity contribution is 0.580. The molecular weight excluding hydrogens is 276 g/mol. The fourth-order valence-electron chi connectivity index (χ4n) is 2.00. The van der Waals surface area contributed by atoms with E-state index in [1.807, 2.05) is 31.2 Å². The number of rotatable bonds is 4. The molecule has 0 unspecified atom stereocenters. The van der Waals surface area contributed by atoms with Crippen molar-refractivity contribution in [2.75, 3.05) is 5.73 Å². The highest BCUT2D eigenvalue weighted by atomic mass is 32.2. The monoisotopic (exact) mass is 294 g/mol. The third-order valence-electron chi connectivity index (χ3n) is 3.29. The van der Waals surface area contributed by atoms with Crippen LogP contribution in [0.2, 0.25) is 0 Å². The summed E-state index contributed by atoms with van der Waals surface area (Å²) < 4.78 is 28.7. The zero-order chi connectivity index (χ0) is 14.9. The maximum atomic E-state index is 12.3. The second-order valence-electron chi connectivity index (χ2n) is 4.67. The molecule has 0 aliphatic heterocycles. The number of hydrogen-bond acceptors (Lipinski definition) is 4. The van der Waals surface area contributed by atoms with Gasteiger partial charge >= 0.3 is 0 Å². The largest absolute Gasteiger partial charge is 0.381 e. The van der Waals surface area contributed by atoms with Crippen LogP contribution < -0.4 is 10.5 Å². The summed E-state index contributed by atoms with van der Waals surface area (Å²) in [4.78, 5) is 0.0496. The molecule has 0 saturated heterocycles. The molecule has 1 aromatic carbocycles. The van der Waals surface area contributed by atoms with Gasteiger partial charge in [-0.1, -0.05) is 24.3 Å². The Kier molecular flexibility index (Phi) is 3.82. The van der Waals surface area contributed by atoms with Crippen LogP contribution in [0.25, 0.3) is 0 Å². The molecule has 6 nitrogen and oxygen atoms in total. The van der Waals surface area contributed by atoms with Crippen molar-refractivity contribution in [3.8, 4) is 0 Å². The molecule has 3 N–H and O–H groups in total. The molecule has 20 heavy (non-hydrogen) atoms. The maximum Gasteiger partial charge on any atom is 0.246 e. The predicted octanol–water partition coefficient (Wildman–Crippen LogP) is 1.10. The first-order valence-electron chi connectivity index (χ1n) is 6.16. The topological polar surface area (TPSA) is 90.0 Å². The molecule has 0 bridgehead atoms. The predicted molar refractivity (Wildman–Crippen MR) is 77.6 cm³/mol. The normalized spacial score (nSPS) is 11.8. The van der Waals surface area contributed by atoms with E-state index in [2.05, 4.69) is 9.82 Å². The number of nitrogen functional groups attached to an aromatic ring is 1. The highest BCUT2D eigenvalue weighted by Gasteiger charge is 2.24. The molecule has 108 valence electrons. The SMILES string of the molecule is Cc1ccccc1CNS(=O)(=O)c1c(N)nn(C)c1C. The summed E-state index contributed by atoms with van der Waals surface area (Å²) in [6.45, 7) is 3.84. The van der Waals surface area contributed by atoms with Gasteiger partial charge in [-0.3, -0.25) is 4.68 Å². The summed E-state index contributed by atoms with van der Waals surface area (Å²) in [5.74, 6) is 0.0160. The van der Waals surface area contributed by atoms with E-state index in [0.29, 0.717) is 5.69 Å². The summed E-state index contributed by atoms with van der Waals surface area (Å²) in [6, 6.07) is 7.61. The van der Waals surface area contributed by atoms with Gasteiger partial charge in [0.15, 0.2) is 5.82 Å². The van der Waals surface area contributed by atoms with Crippen molar-refractivity contribution in [2.24, 2.45) is 7.05 Å². The quantitative estimate of drug-likeness (QED) is 0.883. The van der Waals surface area contributed by atoms with Crippen molar-refractivity contribution in [2.45, 2.75) is 25.3 Å². The zero-order valence-corrected chi connectivity index (χ0v) is 12.5. The first-order valence-corrected chi connectivity index (χ1v) is 7.64. The average molecular weight is 294 g/mol. The lowest BCUT2D eigenvalue weighted by Gasteiger charge is -2.09. The van der Waals surface area contributed by atoms with Crippen LogP contribution in [0.5, 0.6) is 0 Å². The Morgan fingerprint density at radius 2 is 1.95 bits per heavy atom. The Bertz CT molecular complexity index is 735. The van der Waals surface area contributed by atoms with Gasteiger partial charge in [0.2, 0.25) is 10.0 Å². The lowest BCUT2D eigenvalue weighted by Crippen LogP contribution is -2.24. The molecule has 0 atom stereocenters. The molecule has 0 spiro atoms. The average Bonchev–Trinajstić information content (AvgIpc) is 2.62. The van der Waals surface area contributed by atoms with E-state index in [-0.39, 0.29) is 17.3 Å². The Morgan fingerprint density at radius 1 is 1.30 bits per heavy atom. The minimum atomic E-state index is -3.67. The summed E-state index contributed by atoms with van der Waals surface area (Å²) in [7, 11) is -2.02. The fraction of sp³-hybridized carbons (Fsp3) is 0.308. The van der Waals surface area contributed by atoms with Gasteiger partial charge in [0, 0.05) is 13.6 Å². The van der Waals surface area contributed by atoms with Crippen molar-refractivity contribution < 1.29 is 8.42 Å². The maximum absolute atomic E-state index is 12.3. The number of hydrogen-bond donors (Lipinski definition) is 2. The van der Waals surface area contributed by atoms with Crippen LogP contribution in [0.1, 0.15) is 16.8 Å². The first-order chi connectivity index (χ1) is 9.33. The number of sulfonamides is 1. The van der Waals surface area contributed by atoms with Crippen molar-refractivity contribution in [1.82, 2.24) is 14.5 Å². The molecule has 7 heteroatoms. The Hall–Kier alpha value is -1.86. The van der Waals surface area contributed by atoms with Gasteiger partial charge in [0.1, 0.15) is 4.90 Å². The van der Waals surface area contributed by atoms with Gasteiger partial charge in [-0.25, -0.2) is 13.1 Å². The molecule has 1 aromatic heterocycles. The summed E-state index contributed by atoms with van der Waals surface area (Å²) in [5, 5.41) is 3.92. The minimum absolute atomic E-state index is 0.0160. The van der Waals surface area contributed by atoms with Crippen LogP contribution in [-0.2, 0) is 23.6 Å². The van der Waals surface area contributed by atoms with Gasteiger partial charge in [0.05, 0.1) is 5.69 Å². The van der Waals surface area contributed by atoms with Gasteiger partial charge in [0.25, 0.3) is 0 Å². The summed E-state index contributed by atoms with van der Waals surface area (Å²) >= 11 is 0. The van der Waals surface area contributed by atoms with Crippen LogP contribution >= 0.6 is 0 Å². The molecule has 0 aliphatic rings. The van der Waals surface area contributed by atoms with E-state index in [4.69, 9.17) is 5.73 Å². The van der Waals surface area contributed by atoms with Gasteiger partial charge < -0.3 is 5.73 Å². The second-order valence-corrected chi connectivity index (χ2v) is 6.38. The van der Waals surface area contributed by atoms with E-state index < -0.39 is 10.0 Å². The Morgan fingerprint density at radius 3 is 2.50 bits per heavy atom. The number of nitrogens with one attached hydrogen (secondary N) is 1.